The van der Waals surface area contributed by atoms with Crippen LogP contribution in [0.5, 0.6) is 0 Å². The van der Waals surface area contributed by atoms with Crippen LogP contribution in [0.4, 0.5) is 8.78 Å². The molecule has 112 valence electrons. The summed E-state index contributed by atoms with van der Waals surface area (Å²) in [6.45, 7) is 0. The van der Waals surface area contributed by atoms with Crippen LogP contribution >= 0.6 is 0 Å². The molecule has 0 saturated carbocycles. The molecule has 7 heteroatoms. The van der Waals surface area contributed by atoms with Crippen LogP contribution in [0.2, 0.25) is 0 Å². The Hall–Kier alpha value is -2.83. The van der Waals surface area contributed by atoms with Crippen molar-refractivity contribution in [2.75, 3.05) is 7.05 Å². The highest BCUT2D eigenvalue weighted by Crippen LogP contribution is 2.25. The molecule has 0 aliphatic heterocycles. The highest BCUT2D eigenvalue weighted by molar-refractivity contribution is 5.92. The molecule has 1 N–H and O–H groups in total. The minimum atomic E-state index is -2.50. The maximum atomic E-state index is 12.6. The minimum Gasteiger partial charge on any atom is -0.354 e. The SMILES string of the molecule is CNC(=O)c1cn2c(-c3ccc(C(F)F)cc3)cnc2cn1. The van der Waals surface area contributed by atoms with Crippen LogP contribution in [0.1, 0.15) is 22.5 Å². The number of rotatable bonds is 3. The Labute approximate surface area is 124 Å². The first-order valence-electron chi connectivity index (χ1n) is 6.54. The third-order valence-corrected chi connectivity index (χ3v) is 3.31. The minimum absolute atomic E-state index is 0.0368. The molecule has 1 aromatic carbocycles. The number of carbonyl (C=O) groups excluding carboxylic acids is 1. The Morgan fingerprint density at radius 1 is 1.18 bits per heavy atom. The first kappa shape index (κ1) is 14.1. The van der Waals surface area contributed by atoms with E-state index in [0.29, 0.717) is 11.3 Å². The number of amides is 1. The summed E-state index contributed by atoms with van der Waals surface area (Å²) >= 11 is 0. The number of nitrogens with zero attached hydrogens (tertiary/aromatic N) is 3. The number of fused-ring (bicyclic) bond motifs is 1. The average Bonchev–Trinajstić information content (AvgIpc) is 2.97. The van der Waals surface area contributed by atoms with Crippen molar-refractivity contribution < 1.29 is 13.6 Å². The van der Waals surface area contributed by atoms with Crippen LogP contribution in [0.25, 0.3) is 16.9 Å². The molecule has 0 saturated heterocycles. The molecule has 2 heterocycles. The van der Waals surface area contributed by atoms with Gasteiger partial charge in [0.2, 0.25) is 0 Å². The number of nitrogens with one attached hydrogen (secondary N) is 1. The van der Waals surface area contributed by atoms with Gasteiger partial charge >= 0.3 is 0 Å². The van der Waals surface area contributed by atoms with E-state index in [1.54, 1.807) is 28.9 Å². The lowest BCUT2D eigenvalue weighted by Gasteiger charge is -2.05. The predicted octanol–water partition coefficient (Wildman–Crippen LogP) is 2.69. The number of hydrogen-bond donors (Lipinski definition) is 1. The zero-order valence-electron chi connectivity index (χ0n) is 11.6. The zero-order chi connectivity index (χ0) is 15.7. The molecule has 5 nitrogen and oxygen atoms in total. The monoisotopic (exact) mass is 302 g/mol. The highest BCUT2D eigenvalue weighted by atomic mass is 19.3. The van der Waals surface area contributed by atoms with Gasteiger partial charge in [0, 0.05) is 24.4 Å². The molecule has 0 fully saturated rings. The van der Waals surface area contributed by atoms with Crippen LogP contribution in [-0.2, 0) is 0 Å². The molecule has 0 aliphatic carbocycles. The van der Waals surface area contributed by atoms with Crippen molar-refractivity contribution in [3.05, 3.63) is 54.1 Å². The van der Waals surface area contributed by atoms with Crippen LogP contribution in [-0.4, -0.2) is 27.3 Å². The van der Waals surface area contributed by atoms with Gasteiger partial charge in [-0.3, -0.25) is 9.20 Å². The third kappa shape index (κ3) is 2.41. The maximum Gasteiger partial charge on any atom is 0.271 e. The summed E-state index contributed by atoms with van der Waals surface area (Å²) in [6.07, 6.45) is 2.17. The van der Waals surface area contributed by atoms with Gasteiger partial charge in [0.25, 0.3) is 12.3 Å². The molecule has 0 spiro atoms. The molecule has 2 aromatic heterocycles. The molecule has 0 unspecified atom stereocenters. The molecule has 3 rings (SSSR count). The molecule has 3 aromatic rings. The van der Waals surface area contributed by atoms with Gasteiger partial charge in [0.15, 0.2) is 5.65 Å². The summed E-state index contributed by atoms with van der Waals surface area (Å²) < 4.78 is 26.9. The number of hydrogen-bond acceptors (Lipinski definition) is 3. The van der Waals surface area contributed by atoms with E-state index >= 15 is 0 Å². The fourth-order valence-electron chi connectivity index (χ4n) is 2.15. The van der Waals surface area contributed by atoms with Crippen molar-refractivity contribution in [2.45, 2.75) is 6.43 Å². The van der Waals surface area contributed by atoms with Crippen LogP contribution in [0, 0.1) is 0 Å². The lowest BCUT2D eigenvalue weighted by Crippen LogP contribution is -2.19. The van der Waals surface area contributed by atoms with E-state index in [2.05, 4.69) is 15.3 Å². The Balaban J connectivity index is 2.08. The molecule has 0 bridgehead atoms. The second-order valence-corrected chi connectivity index (χ2v) is 4.65. The Kier molecular flexibility index (Phi) is 3.54. The normalized spacial score (nSPS) is 11.1. The maximum absolute atomic E-state index is 12.6. The number of halogens is 2. The number of imidazole rings is 1. The second-order valence-electron chi connectivity index (χ2n) is 4.65. The third-order valence-electron chi connectivity index (χ3n) is 3.31. The van der Waals surface area contributed by atoms with Crippen molar-refractivity contribution >= 4 is 11.6 Å². The smallest absolute Gasteiger partial charge is 0.271 e. The van der Waals surface area contributed by atoms with Gasteiger partial charge in [-0.15, -0.1) is 0 Å². The van der Waals surface area contributed by atoms with E-state index in [1.165, 1.54) is 25.4 Å². The van der Waals surface area contributed by atoms with Crippen molar-refractivity contribution in [2.24, 2.45) is 0 Å². The van der Waals surface area contributed by atoms with E-state index in [4.69, 9.17) is 0 Å². The van der Waals surface area contributed by atoms with E-state index in [9.17, 15) is 13.6 Å². The lowest BCUT2D eigenvalue weighted by atomic mass is 10.1. The van der Waals surface area contributed by atoms with Crippen molar-refractivity contribution in [1.29, 1.82) is 0 Å². The van der Waals surface area contributed by atoms with Crippen LogP contribution in [0.3, 0.4) is 0 Å². The van der Waals surface area contributed by atoms with E-state index in [1.807, 2.05) is 0 Å². The second kappa shape index (κ2) is 5.51. The Bertz CT molecular complexity index is 827. The first-order chi connectivity index (χ1) is 10.6. The largest absolute Gasteiger partial charge is 0.354 e. The van der Waals surface area contributed by atoms with E-state index < -0.39 is 6.43 Å². The summed E-state index contributed by atoms with van der Waals surface area (Å²) in [4.78, 5) is 19.9. The van der Waals surface area contributed by atoms with Crippen molar-refractivity contribution in [3.8, 4) is 11.3 Å². The molecule has 0 radical (unpaired) electrons. The lowest BCUT2D eigenvalue weighted by molar-refractivity contribution is 0.0957. The summed E-state index contributed by atoms with van der Waals surface area (Å²) in [5.41, 5.74) is 2.21. The molecule has 22 heavy (non-hydrogen) atoms. The Morgan fingerprint density at radius 2 is 1.91 bits per heavy atom. The average molecular weight is 302 g/mol. The zero-order valence-corrected chi connectivity index (χ0v) is 11.6. The van der Waals surface area contributed by atoms with Crippen LogP contribution < -0.4 is 5.32 Å². The quantitative estimate of drug-likeness (QED) is 0.809. The van der Waals surface area contributed by atoms with Gasteiger partial charge in [-0.25, -0.2) is 18.7 Å². The van der Waals surface area contributed by atoms with Gasteiger partial charge in [0.05, 0.1) is 18.1 Å². The van der Waals surface area contributed by atoms with Gasteiger partial charge in [0.1, 0.15) is 5.69 Å². The molecule has 0 atom stereocenters. The van der Waals surface area contributed by atoms with Gasteiger partial charge < -0.3 is 5.32 Å². The number of carbonyl (C=O) groups is 1. The van der Waals surface area contributed by atoms with Crippen LogP contribution in [0.15, 0.2) is 42.9 Å². The topological polar surface area (TPSA) is 59.3 Å². The number of benzene rings is 1. The van der Waals surface area contributed by atoms with Crippen molar-refractivity contribution in [1.82, 2.24) is 19.7 Å². The van der Waals surface area contributed by atoms with Crippen molar-refractivity contribution in [3.63, 3.8) is 0 Å². The molecular formula is C15H12F2N4O. The summed E-state index contributed by atoms with van der Waals surface area (Å²) in [7, 11) is 1.52. The fourth-order valence-corrected chi connectivity index (χ4v) is 2.15. The van der Waals surface area contributed by atoms with E-state index in [-0.39, 0.29) is 17.2 Å². The fraction of sp³-hybridized carbons (Fsp3) is 0.133. The van der Waals surface area contributed by atoms with Gasteiger partial charge in [-0.1, -0.05) is 24.3 Å². The number of aromatic nitrogens is 3. The standard InChI is InChI=1S/C15H12F2N4O/c1-18-15(22)11-8-21-12(6-20-13(21)7-19-11)9-2-4-10(5-3-9)14(16)17/h2-8,14H,1H3,(H,18,22). The number of alkyl halides is 2. The summed E-state index contributed by atoms with van der Waals surface area (Å²) in [5.74, 6) is -0.311. The molecular weight excluding hydrogens is 290 g/mol. The van der Waals surface area contributed by atoms with Gasteiger partial charge in [-0.05, 0) is 0 Å². The van der Waals surface area contributed by atoms with Gasteiger partial charge in [-0.2, -0.15) is 0 Å². The molecule has 0 aliphatic rings. The highest BCUT2D eigenvalue weighted by Gasteiger charge is 2.12. The summed E-state index contributed by atoms with van der Waals surface area (Å²) in [6, 6.07) is 5.95. The predicted molar refractivity (Wildman–Crippen MR) is 76.8 cm³/mol. The molecule has 1 amide bonds. The summed E-state index contributed by atoms with van der Waals surface area (Å²) in [5, 5.41) is 2.50. The Morgan fingerprint density at radius 3 is 2.55 bits per heavy atom. The first-order valence-corrected chi connectivity index (χ1v) is 6.54. The van der Waals surface area contributed by atoms with E-state index in [0.717, 1.165) is 5.56 Å².